The molecule has 1 unspecified atom stereocenters. The molecular formula is C65H75F5N12O6S. The molecule has 5 amide bonds. The average Bonchev–Trinajstić information content (AvgIpc) is 1.50. The molecule has 4 aliphatic rings. The number of aryl methyl sites for hydroxylation is 1. The number of carbonyl (C=O) groups is 5. The first-order valence-electron chi connectivity index (χ1n) is 30.0. The molecule has 4 aromatic carbocycles. The number of aliphatic hydroxyl groups excluding tert-OH is 1. The van der Waals surface area contributed by atoms with E-state index in [1.54, 1.807) is 29.0 Å². The van der Waals surface area contributed by atoms with Gasteiger partial charge in [-0.1, -0.05) is 45.0 Å². The van der Waals surface area contributed by atoms with Crippen LogP contribution in [0, 0.1) is 29.9 Å². The molecule has 0 radical (unpaired) electrons. The van der Waals surface area contributed by atoms with E-state index in [-0.39, 0.29) is 65.4 Å². The highest BCUT2D eigenvalue weighted by Crippen LogP contribution is 2.39. The number of likely N-dealkylation sites (tertiary alicyclic amines) is 1. The van der Waals surface area contributed by atoms with Crippen LogP contribution in [0.3, 0.4) is 0 Å². The van der Waals surface area contributed by atoms with Crippen LogP contribution < -0.4 is 30.7 Å². The molecule has 10 rings (SSSR count). The van der Waals surface area contributed by atoms with Crippen LogP contribution in [0.1, 0.15) is 104 Å². The molecule has 0 bridgehead atoms. The second-order valence-electron chi connectivity index (χ2n) is 25.0. The highest BCUT2D eigenvalue weighted by molar-refractivity contribution is 7.13. The van der Waals surface area contributed by atoms with Crippen molar-refractivity contribution in [1.82, 2.24) is 40.3 Å². The number of aliphatic hydroxyl groups is 1. The molecule has 4 aliphatic heterocycles. The van der Waals surface area contributed by atoms with Gasteiger partial charge in [0, 0.05) is 112 Å². The summed E-state index contributed by atoms with van der Waals surface area (Å²) in [6.07, 6.45) is -1.60. The molecule has 4 N–H and O–H groups in total. The quantitative estimate of drug-likeness (QED) is 0.0754. The Labute approximate surface area is 518 Å². The van der Waals surface area contributed by atoms with Crippen molar-refractivity contribution in [3.63, 3.8) is 0 Å². The number of piperidine rings is 1. The minimum Gasteiger partial charge on any atom is -0.391 e. The number of likely N-dealkylation sites (N-methyl/N-ethyl adjacent to an activating group) is 1. The Morgan fingerprint density at radius 2 is 1.43 bits per heavy atom. The monoisotopic (exact) mass is 1250 g/mol. The number of β-amino-alcohol motifs (C(OH)–C–C–N with tert-alkyl or cyclic N) is 1. The summed E-state index contributed by atoms with van der Waals surface area (Å²) in [5.41, 5.74) is 3.30. The largest absolute Gasteiger partial charge is 0.417 e. The summed E-state index contributed by atoms with van der Waals surface area (Å²) >= 11 is 1.56. The van der Waals surface area contributed by atoms with Crippen LogP contribution in [-0.2, 0) is 20.6 Å². The number of anilines is 4. The number of rotatable bonds is 14. The van der Waals surface area contributed by atoms with Gasteiger partial charge in [-0.2, -0.15) is 13.2 Å². The molecule has 2 aromatic heterocycles. The molecule has 0 aliphatic carbocycles. The maximum atomic E-state index is 16.3. The fourth-order valence-electron chi connectivity index (χ4n) is 12.4. The lowest BCUT2D eigenvalue weighted by molar-refractivity contribution is -0.142. The number of piperazine rings is 2. The van der Waals surface area contributed by atoms with Crippen molar-refractivity contribution in [2.45, 2.75) is 110 Å². The molecule has 89 heavy (non-hydrogen) atoms. The smallest absolute Gasteiger partial charge is 0.391 e. The van der Waals surface area contributed by atoms with E-state index in [4.69, 9.17) is 0 Å². The highest BCUT2D eigenvalue weighted by Gasteiger charge is 2.45. The Morgan fingerprint density at radius 1 is 0.753 bits per heavy atom. The maximum Gasteiger partial charge on any atom is 0.417 e. The molecule has 4 fully saturated rings. The highest BCUT2D eigenvalue weighted by atomic mass is 32.1. The predicted molar refractivity (Wildman–Crippen MR) is 332 cm³/mol. The number of hydrogen-bond donors (Lipinski definition) is 4. The zero-order chi connectivity index (χ0) is 63.8. The van der Waals surface area contributed by atoms with Gasteiger partial charge in [-0.05, 0) is 119 Å². The Balaban J connectivity index is 0.742. The summed E-state index contributed by atoms with van der Waals surface area (Å²) in [4.78, 5) is 95.9. The molecule has 0 saturated carbocycles. The molecule has 0 spiro atoms. The Hall–Kier alpha value is -8.09. The van der Waals surface area contributed by atoms with Crippen molar-refractivity contribution in [3.8, 4) is 21.6 Å². The van der Waals surface area contributed by atoms with Crippen LogP contribution >= 0.6 is 11.3 Å². The SMILES string of the molecule is Cc1ncsc1-c1ccc([C@H](C)NC(=O)[C@@H]2C[C@@H](O)CN2C(=O)[C@@H](NC(=O)c2ccc(N3CCCC(C(=O)N4CCN(c5ncc(-c6cc(NC(=O)c7ccc(F)cc7C(F)(F)F)c(N7C[C@@H](C)N(C)[C@@H](C)C7)cc6F)cn5)CC4)C3)cc2)C(C)(C)C)cc1. The van der Waals surface area contributed by atoms with Gasteiger partial charge in [0.05, 0.1) is 56.6 Å². The second-order valence-corrected chi connectivity index (χ2v) is 25.8. The maximum absolute atomic E-state index is 16.3. The lowest BCUT2D eigenvalue weighted by atomic mass is 9.85. The van der Waals surface area contributed by atoms with E-state index >= 15 is 4.39 Å². The molecule has 4 saturated heterocycles. The number of thiazole rings is 1. The lowest BCUT2D eigenvalue weighted by Crippen LogP contribution is -2.57. The topological polar surface area (TPSA) is 200 Å². The molecule has 18 nitrogen and oxygen atoms in total. The van der Waals surface area contributed by atoms with Crippen molar-refractivity contribution in [2.24, 2.45) is 11.3 Å². The summed E-state index contributed by atoms with van der Waals surface area (Å²) in [6, 6.07) is 16.9. The molecule has 6 aromatic rings. The van der Waals surface area contributed by atoms with Crippen LogP contribution in [0.5, 0.6) is 0 Å². The molecule has 472 valence electrons. The van der Waals surface area contributed by atoms with Crippen molar-refractivity contribution in [3.05, 3.63) is 136 Å². The van der Waals surface area contributed by atoms with E-state index in [1.807, 2.05) is 107 Å². The summed E-state index contributed by atoms with van der Waals surface area (Å²) in [5.74, 6) is -4.27. The van der Waals surface area contributed by atoms with Crippen molar-refractivity contribution < 1.29 is 51.0 Å². The van der Waals surface area contributed by atoms with Gasteiger partial charge in [-0.25, -0.2) is 23.7 Å². The van der Waals surface area contributed by atoms with Crippen LogP contribution in [0.25, 0.3) is 21.6 Å². The van der Waals surface area contributed by atoms with Gasteiger partial charge in [0.1, 0.15) is 23.7 Å². The third kappa shape index (κ3) is 14.2. The minimum atomic E-state index is -5.03. The van der Waals surface area contributed by atoms with Gasteiger partial charge in [0.15, 0.2) is 0 Å². The normalized spacial score (nSPS) is 20.9. The van der Waals surface area contributed by atoms with E-state index in [9.17, 15) is 46.6 Å². The number of nitrogens with zero attached hydrogens (tertiary/aromatic N) is 9. The Bertz CT molecular complexity index is 3570. The van der Waals surface area contributed by atoms with E-state index in [2.05, 4.69) is 40.7 Å². The van der Waals surface area contributed by atoms with Gasteiger partial charge in [0.2, 0.25) is 23.7 Å². The first kappa shape index (κ1) is 63.9. The van der Waals surface area contributed by atoms with Gasteiger partial charge in [0.25, 0.3) is 11.8 Å². The number of halogens is 5. The van der Waals surface area contributed by atoms with Gasteiger partial charge in [-0.3, -0.25) is 28.9 Å². The number of carbonyl (C=O) groups excluding carboxylic acids is 5. The fourth-order valence-corrected chi connectivity index (χ4v) is 13.2. The minimum absolute atomic E-state index is 0.0109. The van der Waals surface area contributed by atoms with E-state index in [1.165, 1.54) is 29.4 Å². The van der Waals surface area contributed by atoms with Gasteiger partial charge < -0.3 is 45.6 Å². The molecule has 24 heteroatoms. The zero-order valence-corrected chi connectivity index (χ0v) is 51.9. The van der Waals surface area contributed by atoms with Crippen LogP contribution in [0.15, 0.2) is 96.8 Å². The number of nitrogens with one attached hydrogen (secondary N) is 3. The van der Waals surface area contributed by atoms with Gasteiger partial charge in [-0.15, -0.1) is 11.3 Å². The number of benzene rings is 4. The summed E-state index contributed by atoms with van der Waals surface area (Å²) in [6.45, 7) is 16.9. The third-order valence-electron chi connectivity index (χ3n) is 17.7. The number of aromatic nitrogens is 3. The zero-order valence-electron chi connectivity index (χ0n) is 51.1. The second kappa shape index (κ2) is 26.2. The van der Waals surface area contributed by atoms with Crippen molar-refractivity contribution >= 4 is 63.9 Å². The Morgan fingerprint density at radius 3 is 2.06 bits per heavy atom. The fraction of sp³-hybridized carbons (Fsp3) is 0.446. The first-order valence-corrected chi connectivity index (χ1v) is 30.9. The lowest BCUT2D eigenvalue weighted by Gasteiger charge is -2.44. The van der Waals surface area contributed by atoms with Crippen LogP contribution in [0.4, 0.5) is 45.0 Å². The van der Waals surface area contributed by atoms with E-state index < -0.39 is 82.2 Å². The number of hydrogen-bond acceptors (Lipinski definition) is 14. The van der Waals surface area contributed by atoms with Gasteiger partial charge >= 0.3 is 6.18 Å². The van der Waals surface area contributed by atoms with E-state index in [0.717, 1.165) is 45.9 Å². The number of alkyl halides is 3. The number of amides is 5. The third-order valence-corrected chi connectivity index (χ3v) is 18.7. The Kier molecular flexibility index (Phi) is 18.8. The van der Waals surface area contributed by atoms with E-state index in [0.29, 0.717) is 70.3 Å². The summed E-state index contributed by atoms with van der Waals surface area (Å²) in [7, 11) is 1.96. The standard InChI is InChI=1S/C65H75F5N12O6S/c1-37-32-81(33-38(2)77(37)8)54-29-52(67)50(28-53(54)75-59(85)49-20-17-46(66)26-51(49)65(68,69)70)45-30-71-63(72-31-45)79-24-22-78(23-25-79)61(87)44-10-9-21-80(34-44)47-18-15-43(16-19-47)58(84)76-57(64(5,6)7)62(88)82-35-48(83)27-55(82)60(86)74-39(3)41-11-13-42(14-12-41)56-40(4)73-36-89-56/h11-20,26,28-31,36-39,44,48,55,57,83H,9-10,21-25,27,32-35H2,1-8H3,(H,74,86)(H,75,85)(H,76,84)/t37-,38+,39-,44?,48+,55-,57+/m0/s1. The average molecular weight is 1250 g/mol. The summed E-state index contributed by atoms with van der Waals surface area (Å²) in [5, 5.41) is 19.4. The van der Waals surface area contributed by atoms with Crippen molar-refractivity contribution in [1.29, 1.82) is 0 Å². The van der Waals surface area contributed by atoms with Crippen LogP contribution in [0.2, 0.25) is 0 Å². The van der Waals surface area contributed by atoms with Crippen molar-refractivity contribution in [2.75, 3.05) is 86.0 Å². The molecule has 6 heterocycles. The first-order chi connectivity index (χ1) is 42.2. The summed E-state index contributed by atoms with van der Waals surface area (Å²) < 4.78 is 72.5. The molecular weight excluding hydrogens is 1170 g/mol. The molecule has 7 atom stereocenters. The predicted octanol–water partition coefficient (Wildman–Crippen LogP) is 9.20. The van der Waals surface area contributed by atoms with Crippen LogP contribution in [-0.4, -0.2) is 161 Å².